The Morgan fingerprint density at radius 3 is 2.68 bits per heavy atom. The molecule has 9 heteroatoms. The van der Waals surface area contributed by atoms with Crippen LogP contribution in [0.15, 0.2) is 65.7 Å². The summed E-state index contributed by atoms with van der Waals surface area (Å²) in [5, 5.41) is 13.4. The number of aromatic nitrogens is 4. The van der Waals surface area contributed by atoms with Crippen molar-refractivity contribution in [3.63, 3.8) is 0 Å². The Bertz CT molecular complexity index is 1200. The number of fused-ring (bicyclic) bond motifs is 1. The minimum Gasteiger partial charge on any atom is -0.478 e. The molecule has 1 N–H and O–H groups in total. The molecule has 4 rings (SSSR count). The van der Waals surface area contributed by atoms with E-state index in [1.165, 1.54) is 22.8 Å². The second kappa shape index (κ2) is 6.93. The zero-order valence-electron chi connectivity index (χ0n) is 14.7. The molecule has 1 amide bonds. The molecule has 4 aromatic rings. The van der Waals surface area contributed by atoms with E-state index in [2.05, 4.69) is 26.0 Å². The highest BCUT2D eigenvalue weighted by Gasteiger charge is 2.29. The van der Waals surface area contributed by atoms with Crippen molar-refractivity contribution in [3.8, 4) is 0 Å². The third-order valence-corrected chi connectivity index (χ3v) is 4.90. The lowest BCUT2D eigenvalue weighted by Crippen LogP contribution is -2.30. The van der Waals surface area contributed by atoms with Gasteiger partial charge in [0.2, 0.25) is 0 Å². The van der Waals surface area contributed by atoms with Crippen LogP contribution in [0.4, 0.5) is 11.4 Å². The highest BCUT2D eigenvalue weighted by atomic mass is 79.9. The number of amides is 1. The van der Waals surface area contributed by atoms with Crippen molar-refractivity contribution in [2.75, 3.05) is 4.90 Å². The molecule has 0 spiro atoms. The number of carbonyl (C=O) groups excluding carboxylic acids is 1. The molecule has 0 aliphatic rings. The van der Waals surface area contributed by atoms with Crippen molar-refractivity contribution in [2.24, 2.45) is 7.05 Å². The summed E-state index contributed by atoms with van der Waals surface area (Å²) in [6.45, 7) is 0. The maximum absolute atomic E-state index is 13.5. The lowest BCUT2D eigenvalue weighted by molar-refractivity contribution is 0.0691. The number of carboxylic acids is 1. The maximum Gasteiger partial charge on any atom is 0.339 e. The summed E-state index contributed by atoms with van der Waals surface area (Å²) in [6.07, 6.45) is 6.42. The number of halogens is 1. The fourth-order valence-electron chi connectivity index (χ4n) is 2.99. The van der Waals surface area contributed by atoms with Crippen molar-refractivity contribution in [1.82, 2.24) is 19.2 Å². The van der Waals surface area contributed by atoms with Crippen molar-refractivity contribution < 1.29 is 14.7 Å². The number of anilines is 2. The first-order valence-electron chi connectivity index (χ1n) is 8.24. The lowest BCUT2D eigenvalue weighted by Gasteiger charge is -2.24. The lowest BCUT2D eigenvalue weighted by atomic mass is 10.2. The fourth-order valence-corrected chi connectivity index (χ4v) is 3.51. The van der Waals surface area contributed by atoms with Gasteiger partial charge in [-0.15, -0.1) is 0 Å². The van der Waals surface area contributed by atoms with Crippen LogP contribution in [0, 0.1) is 0 Å². The van der Waals surface area contributed by atoms with E-state index < -0.39 is 11.9 Å². The summed E-state index contributed by atoms with van der Waals surface area (Å²) in [5.41, 5.74) is 1.59. The molecule has 0 atom stereocenters. The molecule has 0 fully saturated rings. The zero-order valence-corrected chi connectivity index (χ0v) is 16.2. The van der Waals surface area contributed by atoms with Gasteiger partial charge in [0.1, 0.15) is 16.9 Å². The monoisotopic (exact) mass is 439 g/mol. The van der Waals surface area contributed by atoms with E-state index in [0.29, 0.717) is 21.5 Å². The smallest absolute Gasteiger partial charge is 0.339 e. The molecule has 0 bridgehead atoms. The quantitative estimate of drug-likeness (QED) is 0.525. The van der Waals surface area contributed by atoms with Gasteiger partial charge in [-0.3, -0.25) is 14.4 Å². The van der Waals surface area contributed by atoms with Gasteiger partial charge >= 0.3 is 5.97 Å². The highest BCUT2D eigenvalue weighted by molar-refractivity contribution is 9.10. The third-order valence-electron chi connectivity index (χ3n) is 4.29. The second-order valence-corrected chi connectivity index (χ2v) is 6.87. The van der Waals surface area contributed by atoms with Gasteiger partial charge in [-0.05, 0) is 28.1 Å². The summed E-state index contributed by atoms with van der Waals surface area (Å²) in [4.78, 5) is 30.8. The molecule has 0 aliphatic carbocycles. The molecule has 1 aromatic carbocycles. The number of imidazole rings is 1. The molecule has 0 aliphatic heterocycles. The summed E-state index contributed by atoms with van der Waals surface area (Å²) >= 11 is 3.52. The topological polar surface area (TPSA) is 92.7 Å². The number of carboxylic acid groups (broad SMARTS) is 1. The number of aromatic carboxylic acids is 1. The van der Waals surface area contributed by atoms with E-state index in [-0.39, 0.29) is 11.3 Å². The Hall–Kier alpha value is -3.46. The molecule has 0 saturated heterocycles. The number of benzene rings is 1. The first kappa shape index (κ1) is 17.9. The minimum absolute atomic E-state index is 0.0218. The molecule has 28 heavy (non-hydrogen) atoms. The summed E-state index contributed by atoms with van der Waals surface area (Å²) in [5.74, 6) is -1.73. The van der Waals surface area contributed by atoms with Crippen LogP contribution in [0.1, 0.15) is 20.8 Å². The Morgan fingerprint density at radius 1 is 1.21 bits per heavy atom. The number of hydrogen-bond donors (Lipinski definition) is 1. The Labute approximate surface area is 167 Å². The number of rotatable bonds is 4. The second-order valence-electron chi connectivity index (χ2n) is 6.01. The zero-order chi connectivity index (χ0) is 19.8. The van der Waals surface area contributed by atoms with Crippen LogP contribution in [-0.2, 0) is 7.05 Å². The minimum atomic E-state index is -1.22. The van der Waals surface area contributed by atoms with Crippen LogP contribution in [0.2, 0.25) is 0 Å². The Balaban J connectivity index is 1.94. The SMILES string of the molecule is Cn1ncc(C(=O)O)c1C(=O)N(c1ccccc1)c1cc2nccn2cc1Br. The molecule has 8 nitrogen and oxygen atoms in total. The molecular formula is C19H14BrN5O3. The van der Waals surface area contributed by atoms with Crippen molar-refractivity contribution in [3.05, 3.63) is 76.9 Å². The number of pyridine rings is 1. The van der Waals surface area contributed by atoms with Crippen LogP contribution >= 0.6 is 15.9 Å². The Morgan fingerprint density at radius 2 is 1.96 bits per heavy atom. The van der Waals surface area contributed by atoms with Crippen molar-refractivity contribution in [2.45, 2.75) is 0 Å². The van der Waals surface area contributed by atoms with E-state index in [4.69, 9.17) is 0 Å². The van der Waals surface area contributed by atoms with Crippen molar-refractivity contribution >= 4 is 44.8 Å². The van der Waals surface area contributed by atoms with Crippen LogP contribution in [0.5, 0.6) is 0 Å². The van der Waals surface area contributed by atoms with E-state index in [9.17, 15) is 14.7 Å². The summed E-state index contributed by atoms with van der Waals surface area (Å²) in [6, 6.07) is 10.8. The van der Waals surface area contributed by atoms with Crippen LogP contribution in [0.25, 0.3) is 5.65 Å². The van der Waals surface area contributed by atoms with Gasteiger partial charge in [-0.25, -0.2) is 9.78 Å². The fraction of sp³-hybridized carbons (Fsp3) is 0.0526. The maximum atomic E-state index is 13.5. The summed E-state index contributed by atoms with van der Waals surface area (Å²) in [7, 11) is 1.54. The van der Waals surface area contributed by atoms with Gasteiger partial charge in [0.25, 0.3) is 5.91 Å². The summed E-state index contributed by atoms with van der Waals surface area (Å²) < 4.78 is 3.73. The van der Waals surface area contributed by atoms with Crippen LogP contribution < -0.4 is 4.90 Å². The number of carbonyl (C=O) groups is 2. The number of para-hydroxylation sites is 1. The Kier molecular flexibility index (Phi) is 4.44. The molecular weight excluding hydrogens is 426 g/mol. The van der Waals surface area contributed by atoms with Gasteiger partial charge in [0.15, 0.2) is 0 Å². The van der Waals surface area contributed by atoms with Crippen molar-refractivity contribution in [1.29, 1.82) is 0 Å². The third kappa shape index (κ3) is 2.95. The van der Waals surface area contributed by atoms with Gasteiger partial charge in [0.05, 0.1) is 16.4 Å². The molecule has 0 radical (unpaired) electrons. The number of hydrogen-bond acceptors (Lipinski definition) is 4. The van der Waals surface area contributed by atoms with Crippen LogP contribution in [0.3, 0.4) is 0 Å². The van der Waals surface area contributed by atoms with E-state index >= 15 is 0 Å². The molecule has 140 valence electrons. The van der Waals surface area contributed by atoms with Gasteiger partial charge in [-0.2, -0.15) is 5.10 Å². The van der Waals surface area contributed by atoms with Crippen LogP contribution in [-0.4, -0.2) is 36.1 Å². The first-order chi connectivity index (χ1) is 13.5. The number of aryl methyl sites for hydroxylation is 1. The van der Waals surface area contributed by atoms with E-state index in [1.54, 1.807) is 48.9 Å². The highest BCUT2D eigenvalue weighted by Crippen LogP contribution is 2.34. The standard InChI is InChI=1S/C19H14BrN5O3/c1-23-17(13(10-22-23)19(27)28)18(26)25(12-5-3-2-4-6-12)15-9-16-21-7-8-24(16)11-14(15)20/h2-11H,1H3,(H,27,28). The average Bonchev–Trinajstić information content (AvgIpc) is 3.28. The van der Waals surface area contributed by atoms with E-state index in [1.807, 2.05) is 10.5 Å². The predicted molar refractivity (Wildman–Crippen MR) is 106 cm³/mol. The largest absolute Gasteiger partial charge is 0.478 e. The number of nitrogens with zero attached hydrogens (tertiary/aromatic N) is 5. The van der Waals surface area contributed by atoms with Gasteiger partial charge in [0, 0.05) is 37.4 Å². The first-order valence-corrected chi connectivity index (χ1v) is 9.03. The normalized spacial score (nSPS) is 10.9. The molecule has 3 aromatic heterocycles. The van der Waals surface area contributed by atoms with E-state index in [0.717, 1.165) is 0 Å². The predicted octanol–water partition coefficient (Wildman–Crippen LogP) is 3.51. The molecule has 0 unspecified atom stereocenters. The average molecular weight is 440 g/mol. The van der Waals surface area contributed by atoms with Gasteiger partial charge in [-0.1, -0.05) is 18.2 Å². The van der Waals surface area contributed by atoms with Gasteiger partial charge < -0.3 is 9.51 Å². The molecule has 0 saturated carbocycles. The molecule has 3 heterocycles.